The Balaban J connectivity index is 0.000000174. The molecule has 10 rings (SSSR count). The van der Waals surface area contributed by atoms with Crippen molar-refractivity contribution in [1.29, 1.82) is 0 Å². The van der Waals surface area contributed by atoms with Crippen LogP contribution >= 0.6 is 0 Å². The zero-order valence-electron chi connectivity index (χ0n) is 48.7. The Kier molecular flexibility index (Phi) is 22.2. The maximum absolute atomic E-state index is 14.8. The van der Waals surface area contributed by atoms with Gasteiger partial charge in [-0.05, 0) is 186 Å². The van der Waals surface area contributed by atoms with Gasteiger partial charge >= 0.3 is 12.2 Å². The maximum Gasteiger partial charge on any atom is 0.427 e. The van der Waals surface area contributed by atoms with Crippen LogP contribution in [0.1, 0.15) is 125 Å². The fourth-order valence-electron chi connectivity index (χ4n) is 11.6. The second-order valence-corrected chi connectivity index (χ2v) is 22.5. The summed E-state index contributed by atoms with van der Waals surface area (Å²) in [4.78, 5) is 0. The van der Waals surface area contributed by atoms with Crippen LogP contribution in [0.3, 0.4) is 0 Å². The molecular weight excluding hydrogens is 1210 g/mol. The molecule has 2 nitrogen and oxygen atoms in total. The first kappa shape index (κ1) is 68.0. The number of hydrogen-bond donors (Lipinski definition) is 0. The van der Waals surface area contributed by atoms with Crippen molar-refractivity contribution in [2.45, 2.75) is 122 Å². The molecule has 90 heavy (non-hydrogen) atoms. The average molecular weight is 1280 g/mol. The first-order valence-electron chi connectivity index (χ1n) is 29.2. The summed E-state index contributed by atoms with van der Waals surface area (Å²) in [5.74, 6) is -21.9. The summed E-state index contributed by atoms with van der Waals surface area (Å²) >= 11 is 0. The summed E-state index contributed by atoms with van der Waals surface area (Å²) in [6.45, 7) is 6.21. The van der Waals surface area contributed by atoms with Crippen LogP contribution in [-0.2, 0) is 25.1 Å². The van der Waals surface area contributed by atoms with Gasteiger partial charge in [-0.1, -0.05) is 114 Å². The summed E-state index contributed by atoms with van der Waals surface area (Å²) < 4.78 is 256. The fourth-order valence-corrected chi connectivity index (χ4v) is 11.6. The second kappa shape index (κ2) is 29.4. The van der Waals surface area contributed by atoms with E-state index in [-0.39, 0.29) is 46.5 Å². The number of aryl methyl sites for hydroxylation is 2. The number of benzene rings is 8. The lowest BCUT2D eigenvalue weighted by molar-refractivity contribution is -0.189. The van der Waals surface area contributed by atoms with E-state index in [1.54, 1.807) is 54.6 Å². The highest BCUT2D eigenvalue weighted by Crippen LogP contribution is 2.46. The van der Waals surface area contributed by atoms with Crippen LogP contribution in [0, 0.1) is 99.2 Å². The van der Waals surface area contributed by atoms with E-state index in [1.165, 1.54) is 57.4 Å². The molecule has 2 aliphatic rings. The number of halogens is 18. The topological polar surface area (TPSA) is 18.5 Å². The molecule has 0 heterocycles. The first-order valence-corrected chi connectivity index (χ1v) is 29.2. The monoisotopic (exact) mass is 1270 g/mol. The van der Waals surface area contributed by atoms with Crippen LogP contribution in [0.15, 0.2) is 127 Å². The molecule has 478 valence electrons. The Hall–Kier alpha value is -7.90. The van der Waals surface area contributed by atoms with Gasteiger partial charge in [0, 0.05) is 5.56 Å². The number of alkyl halides is 4. The summed E-state index contributed by atoms with van der Waals surface area (Å²) in [7, 11) is 0. The molecule has 0 bridgehead atoms. The van der Waals surface area contributed by atoms with Crippen LogP contribution in [0.2, 0.25) is 0 Å². The van der Waals surface area contributed by atoms with Gasteiger partial charge in [0.05, 0.1) is 11.1 Å². The zero-order valence-corrected chi connectivity index (χ0v) is 48.7. The Labute approximate surface area is 508 Å². The van der Waals surface area contributed by atoms with E-state index in [4.69, 9.17) is 0 Å². The molecule has 20 heteroatoms. The third-order valence-electron chi connectivity index (χ3n) is 16.4. The normalized spacial score (nSPS) is 16.8. The minimum Gasteiger partial charge on any atom is -0.423 e. The van der Waals surface area contributed by atoms with Crippen molar-refractivity contribution in [2.75, 3.05) is 0 Å². The Morgan fingerprint density at radius 1 is 0.356 bits per heavy atom. The molecular formula is C70H60F18O2. The fraction of sp³-hybridized carbons (Fsp3) is 0.314. The Morgan fingerprint density at radius 3 is 1.09 bits per heavy atom. The maximum atomic E-state index is 14.8. The number of hydrogen-bond acceptors (Lipinski definition) is 2. The van der Waals surface area contributed by atoms with Gasteiger partial charge in [-0.15, -0.1) is 0 Å². The molecule has 8 aromatic rings. The van der Waals surface area contributed by atoms with Crippen LogP contribution < -0.4 is 9.47 Å². The summed E-state index contributed by atoms with van der Waals surface area (Å²) in [5.41, 5.74) is 1.28. The standard InChI is InChI=1S/C27H32F4.C22H15F7O.C21H13F7O/c1-2-3-17-4-6-18(7-5-17)19-8-10-20(11-9-19)21-12-13-23(24(28)14-21)22-15-25(29)27(31)26(30)16-22;1-2-3-12-4-6-13(7-5-12)14-8-18(25)21(19(26)9-14)30-22(28,29)15-10-16(23)20(27)17(24)11-15;1-2-11-3-5-12(6-4-11)13-7-17(24)20(18(25)8-13)29-21(27,28)14-9-15(22)19(26)16(23)10-14/h12-20H,2-11H2,1H3;4-11H,2-3H2,1H3;3-10H,2H2,1H3. The van der Waals surface area contributed by atoms with Crippen molar-refractivity contribution in [3.63, 3.8) is 0 Å². The number of rotatable bonds is 16. The summed E-state index contributed by atoms with van der Waals surface area (Å²) in [5, 5.41) is 0. The molecule has 0 radical (unpaired) electrons. The molecule has 0 amide bonds. The van der Waals surface area contributed by atoms with Gasteiger partial charge in [0.25, 0.3) is 0 Å². The lowest BCUT2D eigenvalue weighted by Gasteiger charge is -2.38. The van der Waals surface area contributed by atoms with Crippen molar-refractivity contribution >= 4 is 0 Å². The molecule has 8 aromatic carbocycles. The predicted octanol–water partition coefficient (Wildman–Crippen LogP) is 22.7. The van der Waals surface area contributed by atoms with Crippen molar-refractivity contribution < 1.29 is 88.5 Å². The van der Waals surface area contributed by atoms with Crippen molar-refractivity contribution in [2.24, 2.45) is 17.8 Å². The summed E-state index contributed by atoms with van der Waals surface area (Å²) in [6.07, 6.45) is 6.16. The van der Waals surface area contributed by atoms with Gasteiger partial charge < -0.3 is 9.47 Å². The summed E-state index contributed by atoms with van der Waals surface area (Å²) in [6, 6.07) is 23.3. The predicted molar refractivity (Wildman–Crippen MR) is 305 cm³/mol. The zero-order chi connectivity index (χ0) is 65.4. The minimum absolute atomic E-state index is 0.0134. The van der Waals surface area contributed by atoms with Crippen LogP contribution in [0.4, 0.5) is 79.0 Å². The third kappa shape index (κ3) is 16.3. The van der Waals surface area contributed by atoms with Crippen molar-refractivity contribution in [1.82, 2.24) is 0 Å². The van der Waals surface area contributed by atoms with E-state index in [0.29, 0.717) is 17.0 Å². The molecule has 2 fully saturated rings. The van der Waals surface area contributed by atoms with Gasteiger partial charge in [-0.3, -0.25) is 0 Å². The first-order chi connectivity index (χ1) is 42.7. The van der Waals surface area contributed by atoms with Gasteiger partial charge in [0.1, 0.15) is 5.82 Å². The molecule has 0 N–H and O–H groups in total. The largest absolute Gasteiger partial charge is 0.427 e. The molecule has 0 aliphatic heterocycles. The quantitative estimate of drug-likeness (QED) is 0.0709. The van der Waals surface area contributed by atoms with Crippen LogP contribution in [-0.4, -0.2) is 0 Å². The lowest BCUT2D eigenvalue weighted by Crippen LogP contribution is -2.25. The molecule has 0 spiro atoms. The Bertz CT molecular complexity index is 3660. The van der Waals surface area contributed by atoms with E-state index >= 15 is 0 Å². The molecule has 2 saturated carbocycles. The molecule has 0 atom stereocenters. The van der Waals surface area contributed by atoms with Crippen molar-refractivity contribution in [3.05, 3.63) is 237 Å². The highest BCUT2D eigenvalue weighted by atomic mass is 19.3. The van der Waals surface area contributed by atoms with E-state index in [9.17, 15) is 79.0 Å². The van der Waals surface area contributed by atoms with E-state index in [1.807, 2.05) is 19.9 Å². The van der Waals surface area contributed by atoms with Gasteiger partial charge in [-0.2, -0.15) is 17.6 Å². The number of ether oxygens (including phenoxy) is 2. The second-order valence-electron chi connectivity index (χ2n) is 22.5. The van der Waals surface area contributed by atoms with E-state index < -0.39 is 116 Å². The molecule has 0 aromatic heterocycles. The Morgan fingerprint density at radius 2 is 0.722 bits per heavy atom. The van der Waals surface area contributed by atoms with E-state index in [0.717, 1.165) is 103 Å². The molecule has 0 unspecified atom stereocenters. The lowest BCUT2D eigenvalue weighted by atomic mass is 9.68. The van der Waals surface area contributed by atoms with Gasteiger partial charge in [0.15, 0.2) is 87.1 Å². The minimum atomic E-state index is -4.53. The van der Waals surface area contributed by atoms with Gasteiger partial charge in [0.2, 0.25) is 0 Å². The highest BCUT2D eigenvalue weighted by Gasteiger charge is 2.40. The smallest absolute Gasteiger partial charge is 0.423 e. The SMILES string of the molecule is CCCC1CCC(C2CCC(c3ccc(-c4cc(F)c(F)c(F)c4)c(F)c3)CC2)CC1.CCCc1ccc(-c2cc(F)c(OC(F)(F)c3cc(F)c(F)c(F)c3)c(F)c2)cc1.CCc1ccc(-c2cc(F)c(OC(F)(F)c3cc(F)c(F)c(F)c3)c(F)c2)cc1. The van der Waals surface area contributed by atoms with Crippen LogP contribution in [0.25, 0.3) is 33.4 Å². The third-order valence-corrected chi connectivity index (χ3v) is 16.4. The van der Waals surface area contributed by atoms with Crippen molar-refractivity contribution in [3.8, 4) is 44.9 Å². The molecule has 2 aliphatic carbocycles. The van der Waals surface area contributed by atoms with Gasteiger partial charge in [-0.25, -0.2) is 61.5 Å². The van der Waals surface area contributed by atoms with Crippen LogP contribution in [0.5, 0.6) is 11.5 Å². The average Bonchev–Trinajstić information content (AvgIpc) is 0.923. The highest BCUT2D eigenvalue weighted by molar-refractivity contribution is 5.67. The van der Waals surface area contributed by atoms with E-state index in [2.05, 4.69) is 16.4 Å². The molecule has 0 saturated heterocycles.